The molecule has 0 bridgehead atoms. The second-order valence-corrected chi connectivity index (χ2v) is 5.53. The highest BCUT2D eigenvalue weighted by Gasteiger charge is 2.03. The zero-order valence-corrected chi connectivity index (χ0v) is 13.0. The molecular weight excluding hydrogens is 287 g/mol. The van der Waals surface area contributed by atoms with Crippen molar-refractivity contribution in [1.82, 2.24) is 15.6 Å². The van der Waals surface area contributed by atoms with Crippen LogP contribution in [-0.2, 0) is 13.0 Å². The smallest absolute Gasteiger partial charge is 0.191 e. The second kappa shape index (κ2) is 7.73. The molecule has 0 unspecified atom stereocenters. The molecule has 0 aliphatic heterocycles. The van der Waals surface area contributed by atoms with Crippen LogP contribution in [0.3, 0.4) is 0 Å². The minimum Gasteiger partial charge on any atom is -0.356 e. The maximum absolute atomic E-state index is 12.8. The number of thiazole rings is 1. The van der Waals surface area contributed by atoms with Crippen LogP contribution in [0.1, 0.15) is 16.1 Å². The topological polar surface area (TPSA) is 49.3 Å². The van der Waals surface area contributed by atoms with Gasteiger partial charge in [0.1, 0.15) is 5.82 Å². The Hall–Kier alpha value is -1.95. The van der Waals surface area contributed by atoms with E-state index in [-0.39, 0.29) is 5.82 Å². The van der Waals surface area contributed by atoms with Gasteiger partial charge in [0.05, 0.1) is 17.7 Å². The lowest BCUT2D eigenvalue weighted by Gasteiger charge is -2.11. The van der Waals surface area contributed by atoms with Crippen molar-refractivity contribution >= 4 is 17.3 Å². The zero-order chi connectivity index (χ0) is 15.1. The molecule has 4 nitrogen and oxygen atoms in total. The first-order chi connectivity index (χ1) is 10.2. The fourth-order valence-corrected chi connectivity index (χ4v) is 2.57. The van der Waals surface area contributed by atoms with Crippen molar-refractivity contribution in [2.45, 2.75) is 19.9 Å². The molecule has 0 atom stereocenters. The standard InChI is InChI=1S/C15H19FN4S/c1-11-14(21-10-20-11)9-19-15(17-2)18-8-7-12-3-5-13(16)6-4-12/h3-6,10H,7-9H2,1-2H3,(H2,17,18,19). The molecule has 1 aromatic heterocycles. The van der Waals surface area contributed by atoms with Gasteiger partial charge >= 0.3 is 0 Å². The van der Waals surface area contributed by atoms with Gasteiger partial charge in [-0.25, -0.2) is 9.37 Å². The molecule has 0 amide bonds. The van der Waals surface area contributed by atoms with E-state index in [2.05, 4.69) is 20.6 Å². The summed E-state index contributed by atoms with van der Waals surface area (Å²) in [7, 11) is 1.74. The first-order valence-corrected chi connectivity index (χ1v) is 7.65. The summed E-state index contributed by atoms with van der Waals surface area (Å²) >= 11 is 1.63. The lowest BCUT2D eigenvalue weighted by Crippen LogP contribution is -2.37. The first-order valence-electron chi connectivity index (χ1n) is 6.77. The molecule has 2 rings (SSSR count). The lowest BCUT2D eigenvalue weighted by molar-refractivity contribution is 0.626. The first kappa shape index (κ1) is 15.4. The van der Waals surface area contributed by atoms with Crippen LogP contribution < -0.4 is 10.6 Å². The van der Waals surface area contributed by atoms with Crippen LogP contribution in [0.5, 0.6) is 0 Å². The largest absolute Gasteiger partial charge is 0.356 e. The quantitative estimate of drug-likeness (QED) is 0.659. The zero-order valence-electron chi connectivity index (χ0n) is 12.2. The fraction of sp³-hybridized carbons (Fsp3) is 0.333. The number of benzene rings is 1. The molecule has 1 heterocycles. The van der Waals surface area contributed by atoms with Gasteiger partial charge in [-0.1, -0.05) is 12.1 Å². The van der Waals surface area contributed by atoms with Crippen LogP contribution >= 0.6 is 11.3 Å². The van der Waals surface area contributed by atoms with E-state index in [1.807, 2.05) is 12.4 Å². The molecule has 0 aliphatic carbocycles. The number of halogens is 1. The van der Waals surface area contributed by atoms with Gasteiger partial charge in [0.2, 0.25) is 0 Å². The number of aliphatic imine (C=N–C) groups is 1. The third-order valence-corrected chi connectivity index (χ3v) is 4.04. The average Bonchev–Trinajstić information content (AvgIpc) is 2.90. The van der Waals surface area contributed by atoms with E-state index in [4.69, 9.17) is 0 Å². The monoisotopic (exact) mass is 306 g/mol. The summed E-state index contributed by atoms with van der Waals surface area (Å²) in [5.74, 6) is 0.550. The molecule has 0 saturated carbocycles. The Kier molecular flexibility index (Phi) is 5.68. The summed E-state index contributed by atoms with van der Waals surface area (Å²) in [6.07, 6.45) is 0.820. The predicted octanol–water partition coefficient (Wildman–Crippen LogP) is 2.50. The van der Waals surface area contributed by atoms with Gasteiger partial charge < -0.3 is 10.6 Å². The van der Waals surface area contributed by atoms with E-state index in [9.17, 15) is 4.39 Å². The maximum atomic E-state index is 12.8. The average molecular weight is 306 g/mol. The highest BCUT2D eigenvalue weighted by molar-refractivity contribution is 7.09. The third-order valence-electron chi connectivity index (χ3n) is 3.10. The van der Waals surface area contributed by atoms with Gasteiger partial charge in [0.15, 0.2) is 5.96 Å². The molecule has 0 saturated heterocycles. The number of nitrogens with zero attached hydrogens (tertiary/aromatic N) is 2. The van der Waals surface area contributed by atoms with Crippen molar-refractivity contribution in [2.24, 2.45) is 4.99 Å². The van der Waals surface area contributed by atoms with E-state index in [1.54, 1.807) is 30.5 Å². The number of aromatic nitrogens is 1. The number of guanidine groups is 1. The maximum Gasteiger partial charge on any atom is 0.191 e. The molecule has 1 aromatic carbocycles. The van der Waals surface area contributed by atoms with E-state index >= 15 is 0 Å². The van der Waals surface area contributed by atoms with Crippen molar-refractivity contribution < 1.29 is 4.39 Å². The highest BCUT2D eigenvalue weighted by atomic mass is 32.1. The Labute approximate surface area is 128 Å². The van der Waals surface area contributed by atoms with Crippen molar-refractivity contribution in [3.05, 3.63) is 51.7 Å². The molecular formula is C15H19FN4S. The summed E-state index contributed by atoms with van der Waals surface area (Å²) in [4.78, 5) is 9.60. The van der Waals surface area contributed by atoms with Gasteiger partial charge in [-0.05, 0) is 31.0 Å². The Morgan fingerprint density at radius 3 is 2.67 bits per heavy atom. The van der Waals surface area contributed by atoms with E-state index in [0.717, 1.165) is 30.2 Å². The summed E-state index contributed by atoms with van der Waals surface area (Å²) in [6, 6.07) is 6.56. The Morgan fingerprint density at radius 2 is 2.05 bits per heavy atom. The summed E-state index contributed by atoms with van der Waals surface area (Å²) in [5.41, 5.74) is 3.99. The number of hydrogen-bond acceptors (Lipinski definition) is 3. The number of aryl methyl sites for hydroxylation is 1. The number of nitrogens with one attached hydrogen (secondary N) is 2. The molecule has 0 radical (unpaired) electrons. The van der Waals surface area contributed by atoms with Crippen molar-refractivity contribution in [3.8, 4) is 0 Å². The van der Waals surface area contributed by atoms with E-state index < -0.39 is 0 Å². The van der Waals surface area contributed by atoms with Crippen LogP contribution in [0, 0.1) is 12.7 Å². The third kappa shape index (κ3) is 4.82. The molecule has 0 spiro atoms. The Bertz CT molecular complexity index is 592. The van der Waals surface area contributed by atoms with Gasteiger partial charge in [0, 0.05) is 18.5 Å². The Morgan fingerprint density at radius 1 is 1.29 bits per heavy atom. The van der Waals surface area contributed by atoms with Crippen molar-refractivity contribution in [3.63, 3.8) is 0 Å². The van der Waals surface area contributed by atoms with Crippen LogP contribution in [0.4, 0.5) is 4.39 Å². The van der Waals surface area contributed by atoms with Crippen molar-refractivity contribution in [2.75, 3.05) is 13.6 Å². The molecule has 6 heteroatoms. The van der Waals surface area contributed by atoms with Crippen LogP contribution in [0.2, 0.25) is 0 Å². The van der Waals surface area contributed by atoms with Gasteiger partial charge in [0.25, 0.3) is 0 Å². The van der Waals surface area contributed by atoms with E-state index in [1.165, 1.54) is 17.0 Å². The normalized spacial score (nSPS) is 11.5. The highest BCUT2D eigenvalue weighted by Crippen LogP contribution is 2.10. The van der Waals surface area contributed by atoms with E-state index in [0.29, 0.717) is 6.54 Å². The minimum absolute atomic E-state index is 0.205. The minimum atomic E-state index is -0.205. The van der Waals surface area contributed by atoms with Crippen LogP contribution in [0.25, 0.3) is 0 Å². The molecule has 2 aromatic rings. The lowest BCUT2D eigenvalue weighted by atomic mass is 10.1. The number of hydrogen-bond donors (Lipinski definition) is 2. The summed E-state index contributed by atoms with van der Waals surface area (Å²) in [5, 5.41) is 6.50. The molecule has 21 heavy (non-hydrogen) atoms. The molecule has 0 aliphatic rings. The van der Waals surface area contributed by atoms with Crippen molar-refractivity contribution in [1.29, 1.82) is 0 Å². The van der Waals surface area contributed by atoms with Crippen LogP contribution in [0.15, 0.2) is 34.8 Å². The summed E-state index contributed by atoms with van der Waals surface area (Å²) < 4.78 is 12.8. The SMILES string of the molecule is CN=C(NCCc1ccc(F)cc1)NCc1scnc1C. The van der Waals surface area contributed by atoms with Crippen LogP contribution in [-0.4, -0.2) is 24.5 Å². The molecule has 112 valence electrons. The molecule has 0 fully saturated rings. The second-order valence-electron chi connectivity index (χ2n) is 4.59. The van der Waals surface area contributed by atoms with Gasteiger partial charge in [-0.15, -0.1) is 11.3 Å². The van der Waals surface area contributed by atoms with Gasteiger partial charge in [-0.3, -0.25) is 4.99 Å². The molecule has 2 N–H and O–H groups in total. The Balaban J connectivity index is 1.75. The fourth-order valence-electron chi connectivity index (χ4n) is 1.86. The number of rotatable bonds is 5. The summed E-state index contributed by atoms with van der Waals surface area (Å²) in [6.45, 7) is 3.46. The van der Waals surface area contributed by atoms with Gasteiger partial charge in [-0.2, -0.15) is 0 Å². The predicted molar refractivity (Wildman–Crippen MR) is 85.2 cm³/mol.